The van der Waals surface area contributed by atoms with E-state index in [0.717, 1.165) is 37.6 Å². The van der Waals surface area contributed by atoms with Gasteiger partial charge in [-0.05, 0) is 12.8 Å². The maximum atomic E-state index is 12.5. The molecule has 2 atom stereocenters. The molecule has 0 spiro atoms. The summed E-state index contributed by atoms with van der Waals surface area (Å²) in [5.74, 6) is 0.531. The minimum Gasteiger partial charge on any atom is -0.377 e. The number of halogens is 1. The van der Waals surface area contributed by atoms with Crippen LogP contribution in [0, 0.1) is 5.92 Å². The fourth-order valence-corrected chi connectivity index (χ4v) is 2.80. The van der Waals surface area contributed by atoms with Crippen LogP contribution in [0.25, 0.3) is 0 Å². The van der Waals surface area contributed by atoms with Crippen LogP contribution in [0.2, 0.25) is 0 Å². The van der Waals surface area contributed by atoms with Crippen molar-refractivity contribution in [3.05, 3.63) is 0 Å². The van der Waals surface area contributed by atoms with Gasteiger partial charge in [-0.2, -0.15) is 0 Å². The summed E-state index contributed by atoms with van der Waals surface area (Å²) in [4.78, 5) is 14.5. The second kappa shape index (κ2) is 8.09. The number of morpholine rings is 1. The van der Waals surface area contributed by atoms with E-state index in [9.17, 15) is 4.79 Å². The summed E-state index contributed by atoms with van der Waals surface area (Å²) in [5, 5.41) is 0.808. The van der Waals surface area contributed by atoms with Gasteiger partial charge in [-0.25, -0.2) is 0 Å². The Morgan fingerprint density at radius 1 is 1.53 bits per heavy atom. The molecule has 1 amide bonds. The Morgan fingerprint density at radius 2 is 2.29 bits per heavy atom. The molecule has 1 fully saturated rings. The number of amides is 1. The first-order chi connectivity index (χ1) is 8.24. The van der Waals surface area contributed by atoms with E-state index in [2.05, 4.69) is 29.8 Å². The Kier molecular flexibility index (Phi) is 7.12. The molecule has 0 radical (unpaired) electrons. The average molecular weight is 306 g/mol. The molecule has 2 unspecified atom stereocenters. The molecule has 0 aromatic rings. The van der Waals surface area contributed by atoms with Crippen molar-refractivity contribution in [3.63, 3.8) is 0 Å². The van der Waals surface area contributed by atoms with E-state index in [-0.39, 0.29) is 12.0 Å². The Balaban J connectivity index is 2.57. The van der Waals surface area contributed by atoms with Crippen LogP contribution in [0.15, 0.2) is 0 Å². The fraction of sp³-hybridized carbons (Fsp3) is 0.923. The number of rotatable bonds is 6. The molecule has 17 heavy (non-hydrogen) atoms. The Morgan fingerprint density at radius 3 is 2.88 bits per heavy atom. The van der Waals surface area contributed by atoms with E-state index in [1.165, 1.54) is 0 Å². The first-order valence-electron chi connectivity index (χ1n) is 6.68. The molecule has 0 saturated carbocycles. The summed E-state index contributed by atoms with van der Waals surface area (Å²) in [5.41, 5.74) is 0. The number of nitrogens with zero attached hydrogens (tertiary/aromatic N) is 1. The van der Waals surface area contributed by atoms with Gasteiger partial charge in [0.1, 0.15) is 0 Å². The highest BCUT2D eigenvalue weighted by Crippen LogP contribution is 2.19. The van der Waals surface area contributed by atoms with Crippen molar-refractivity contribution in [2.45, 2.75) is 45.6 Å². The van der Waals surface area contributed by atoms with Crippen molar-refractivity contribution in [1.29, 1.82) is 0 Å². The third kappa shape index (κ3) is 4.25. The molecule has 0 aromatic heterocycles. The number of carbonyl (C=O) groups excluding carboxylic acids is 1. The minimum atomic E-state index is 0.203. The van der Waals surface area contributed by atoms with Crippen molar-refractivity contribution >= 4 is 21.8 Å². The number of hydrogen-bond acceptors (Lipinski definition) is 2. The van der Waals surface area contributed by atoms with Gasteiger partial charge >= 0.3 is 0 Å². The van der Waals surface area contributed by atoms with Crippen molar-refractivity contribution in [1.82, 2.24) is 4.90 Å². The second-order valence-corrected chi connectivity index (χ2v) is 5.31. The normalized spacial score (nSPS) is 22.5. The van der Waals surface area contributed by atoms with Gasteiger partial charge in [-0.3, -0.25) is 4.79 Å². The molecule has 1 saturated heterocycles. The van der Waals surface area contributed by atoms with E-state index in [4.69, 9.17) is 4.74 Å². The van der Waals surface area contributed by atoms with Crippen LogP contribution < -0.4 is 0 Å². The van der Waals surface area contributed by atoms with Crippen LogP contribution in [0.5, 0.6) is 0 Å². The van der Waals surface area contributed by atoms with Crippen LogP contribution >= 0.6 is 15.9 Å². The predicted octanol–water partition coefficient (Wildman–Crippen LogP) is 2.83. The summed E-state index contributed by atoms with van der Waals surface area (Å²) < 4.78 is 5.42. The zero-order valence-corrected chi connectivity index (χ0v) is 12.5. The molecule has 1 heterocycles. The predicted molar refractivity (Wildman–Crippen MR) is 73.4 cm³/mol. The van der Waals surface area contributed by atoms with Crippen LogP contribution in [0.4, 0.5) is 0 Å². The Hall–Kier alpha value is -0.0900. The topological polar surface area (TPSA) is 29.5 Å². The smallest absolute Gasteiger partial charge is 0.226 e. The van der Waals surface area contributed by atoms with Crippen LogP contribution in [0.3, 0.4) is 0 Å². The molecule has 0 bridgehead atoms. The highest BCUT2D eigenvalue weighted by Gasteiger charge is 2.30. The van der Waals surface area contributed by atoms with Gasteiger partial charge in [-0.15, -0.1) is 0 Å². The summed E-state index contributed by atoms with van der Waals surface area (Å²) >= 11 is 3.47. The lowest BCUT2D eigenvalue weighted by atomic mass is 9.97. The maximum Gasteiger partial charge on any atom is 0.226 e. The highest BCUT2D eigenvalue weighted by atomic mass is 79.9. The summed E-state index contributed by atoms with van der Waals surface area (Å²) in [6, 6.07) is 0.215. The van der Waals surface area contributed by atoms with Crippen LogP contribution in [-0.2, 0) is 9.53 Å². The van der Waals surface area contributed by atoms with Crippen molar-refractivity contribution in [3.8, 4) is 0 Å². The lowest BCUT2D eigenvalue weighted by Crippen LogP contribution is -2.51. The van der Waals surface area contributed by atoms with Crippen molar-refractivity contribution in [2.75, 3.05) is 25.1 Å². The van der Waals surface area contributed by atoms with Crippen LogP contribution in [-0.4, -0.2) is 41.9 Å². The lowest BCUT2D eigenvalue weighted by Gasteiger charge is -2.36. The van der Waals surface area contributed by atoms with E-state index in [1.807, 2.05) is 4.90 Å². The van der Waals surface area contributed by atoms with Gasteiger partial charge in [0.25, 0.3) is 0 Å². The Bertz CT molecular complexity index is 235. The van der Waals surface area contributed by atoms with E-state index in [0.29, 0.717) is 19.1 Å². The molecule has 3 nitrogen and oxygen atoms in total. The molecule has 100 valence electrons. The monoisotopic (exact) mass is 305 g/mol. The summed E-state index contributed by atoms with van der Waals surface area (Å²) in [6.45, 7) is 6.38. The van der Waals surface area contributed by atoms with Gasteiger partial charge in [-0.1, -0.05) is 42.6 Å². The molecule has 0 aromatic carbocycles. The minimum absolute atomic E-state index is 0.203. The number of unbranched alkanes of at least 4 members (excludes halogenated alkanes) is 1. The molecule has 1 rings (SSSR count). The molecule has 1 aliphatic heterocycles. The number of carbonyl (C=O) groups is 1. The zero-order chi connectivity index (χ0) is 12.7. The standard InChI is InChI=1S/C13H24BrNO2/c1-3-5-6-11(4-2)13(16)15-7-8-17-10-12(15)9-14/h11-12H,3-10H2,1-2H3. The van der Waals surface area contributed by atoms with E-state index >= 15 is 0 Å². The number of hydrogen-bond donors (Lipinski definition) is 0. The van der Waals surface area contributed by atoms with Crippen LogP contribution in [0.1, 0.15) is 39.5 Å². The molecular formula is C13H24BrNO2. The average Bonchev–Trinajstić information content (AvgIpc) is 2.39. The Labute approximate surface area is 113 Å². The van der Waals surface area contributed by atoms with Gasteiger partial charge in [0.05, 0.1) is 19.3 Å². The molecule has 1 aliphatic rings. The highest BCUT2D eigenvalue weighted by molar-refractivity contribution is 9.09. The molecular weight excluding hydrogens is 282 g/mol. The van der Waals surface area contributed by atoms with E-state index < -0.39 is 0 Å². The van der Waals surface area contributed by atoms with E-state index in [1.54, 1.807) is 0 Å². The van der Waals surface area contributed by atoms with Gasteiger partial charge in [0.2, 0.25) is 5.91 Å². The third-order valence-corrected chi connectivity index (χ3v) is 4.18. The first-order valence-corrected chi connectivity index (χ1v) is 7.80. The number of ether oxygens (including phenoxy) is 1. The zero-order valence-electron chi connectivity index (χ0n) is 11.0. The van der Waals surface area contributed by atoms with Crippen molar-refractivity contribution in [2.24, 2.45) is 5.92 Å². The van der Waals surface area contributed by atoms with Crippen molar-refractivity contribution < 1.29 is 9.53 Å². The van der Waals surface area contributed by atoms with Gasteiger partial charge in [0, 0.05) is 17.8 Å². The molecule has 0 aliphatic carbocycles. The summed E-state index contributed by atoms with van der Waals surface area (Å²) in [7, 11) is 0. The van der Waals surface area contributed by atoms with Gasteiger partial charge < -0.3 is 9.64 Å². The SMILES string of the molecule is CCCCC(CC)C(=O)N1CCOCC1CBr. The molecule has 4 heteroatoms. The maximum absolute atomic E-state index is 12.5. The summed E-state index contributed by atoms with van der Waals surface area (Å²) in [6.07, 6.45) is 4.28. The third-order valence-electron chi connectivity index (χ3n) is 3.44. The first kappa shape index (κ1) is 15.0. The van der Waals surface area contributed by atoms with Gasteiger partial charge in [0.15, 0.2) is 0 Å². The fourth-order valence-electron chi connectivity index (χ4n) is 2.26. The largest absolute Gasteiger partial charge is 0.377 e. The quantitative estimate of drug-likeness (QED) is 0.706. The number of alkyl halides is 1. The molecule has 0 N–H and O–H groups in total. The lowest BCUT2D eigenvalue weighted by molar-refractivity contribution is -0.143. The second-order valence-electron chi connectivity index (χ2n) is 4.66.